The standard InChI is InChI=1S/C16H22N2O4/c1-8(6-10-4-3-5-17-10)11-7-12-13(9(2)19)15(20)18(12)14(11)16(21)22/h6,9-10,12-13,17,19H,3-5,7H2,1-2H3,(H,21,22)/b8-6+/t9-,10-,12-,13-/m1/s1. The van der Waals surface area contributed by atoms with Crippen molar-refractivity contribution in [3.63, 3.8) is 0 Å². The van der Waals surface area contributed by atoms with Crippen LogP contribution in [0.3, 0.4) is 0 Å². The number of hydrogen-bond acceptors (Lipinski definition) is 4. The van der Waals surface area contributed by atoms with Crippen molar-refractivity contribution in [2.45, 2.75) is 51.3 Å². The monoisotopic (exact) mass is 306 g/mol. The predicted octanol–water partition coefficient (Wildman–Crippen LogP) is 0.635. The summed E-state index contributed by atoms with van der Waals surface area (Å²) in [5.41, 5.74) is 1.74. The molecule has 0 bridgehead atoms. The van der Waals surface area contributed by atoms with E-state index in [-0.39, 0.29) is 23.7 Å². The fourth-order valence-electron chi connectivity index (χ4n) is 3.88. The molecule has 0 aromatic heterocycles. The van der Waals surface area contributed by atoms with Gasteiger partial charge < -0.3 is 20.4 Å². The van der Waals surface area contributed by atoms with Gasteiger partial charge in [0.2, 0.25) is 5.91 Å². The first-order chi connectivity index (χ1) is 10.4. The summed E-state index contributed by atoms with van der Waals surface area (Å²) in [5, 5.41) is 22.6. The van der Waals surface area contributed by atoms with Gasteiger partial charge in [0.1, 0.15) is 5.70 Å². The minimum Gasteiger partial charge on any atom is -0.477 e. The smallest absolute Gasteiger partial charge is 0.352 e. The Morgan fingerprint density at radius 2 is 2.23 bits per heavy atom. The summed E-state index contributed by atoms with van der Waals surface area (Å²) in [6, 6.07) is 0.0625. The molecule has 3 aliphatic heterocycles. The van der Waals surface area contributed by atoms with Crippen LogP contribution < -0.4 is 5.32 Å². The zero-order valence-corrected chi connectivity index (χ0v) is 12.9. The Morgan fingerprint density at radius 3 is 2.77 bits per heavy atom. The lowest BCUT2D eigenvalue weighted by molar-refractivity contribution is -0.161. The summed E-state index contributed by atoms with van der Waals surface area (Å²) in [6.45, 7) is 4.48. The van der Waals surface area contributed by atoms with E-state index in [1.807, 2.05) is 6.92 Å². The van der Waals surface area contributed by atoms with Crippen LogP contribution in [0, 0.1) is 5.92 Å². The van der Waals surface area contributed by atoms with E-state index >= 15 is 0 Å². The largest absolute Gasteiger partial charge is 0.477 e. The predicted molar refractivity (Wildman–Crippen MR) is 79.9 cm³/mol. The molecule has 3 aliphatic rings. The van der Waals surface area contributed by atoms with E-state index in [0.717, 1.165) is 30.5 Å². The van der Waals surface area contributed by atoms with Crippen LogP contribution >= 0.6 is 0 Å². The van der Waals surface area contributed by atoms with E-state index in [1.54, 1.807) is 6.92 Å². The van der Waals surface area contributed by atoms with Gasteiger partial charge in [-0.3, -0.25) is 4.79 Å². The number of aliphatic carboxylic acids is 1. The molecule has 3 heterocycles. The number of carbonyl (C=O) groups is 2. The van der Waals surface area contributed by atoms with Gasteiger partial charge in [-0.15, -0.1) is 0 Å². The Morgan fingerprint density at radius 1 is 1.50 bits per heavy atom. The lowest BCUT2D eigenvalue weighted by Crippen LogP contribution is -2.61. The molecular formula is C16H22N2O4. The lowest BCUT2D eigenvalue weighted by Gasteiger charge is -2.44. The number of carboxylic acid groups (broad SMARTS) is 1. The molecule has 2 saturated heterocycles. The molecule has 3 N–H and O–H groups in total. The van der Waals surface area contributed by atoms with Gasteiger partial charge in [0.05, 0.1) is 18.1 Å². The molecule has 0 spiro atoms. The Balaban J connectivity index is 1.89. The number of fused-ring (bicyclic) bond motifs is 1. The fourth-order valence-corrected chi connectivity index (χ4v) is 3.88. The molecule has 1 amide bonds. The Hall–Kier alpha value is -1.66. The molecule has 0 saturated carbocycles. The first-order valence-electron chi connectivity index (χ1n) is 7.81. The number of rotatable bonds is 4. The lowest BCUT2D eigenvalue weighted by atomic mass is 9.82. The molecule has 6 nitrogen and oxygen atoms in total. The highest BCUT2D eigenvalue weighted by Gasteiger charge is 2.56. The van der Waals surface area contributed by atoms with Crippen molar-refractivity contribution < 1.29 is 19.8 Å². The van der Waals surface area contributed by atoms with Crippen LogP contribution in [-0.2, 0) is 9.59 Å². The molecule has 2 fully saturated rings. The topological polar surface area (TPSA) is 89.9 Å². The van der Waals surface area contributed by atoms with Gasteiger partial charge in [0.15, 0.2) is 0 Å². The third kappa shape index (κ3) is 2.27. The number of aliphatic hydroxyl groups excluding tert-OH is 1. The van der Waals surface area contributed by atoms with Gasteiger partial charge >= 0.3 is 5.97 Å². The van der Waals surface area contributed by atoms with Gasteiger partial charge in [0, 0.05) is 6.04 Å². The van der Waals surface area contributed by atoms with E-state index in [1.165, 1.54) is 4.90 Å². The number of amides is 1. The third-order valence-electron chi connectivity index (χ3n) is 4.96. The first-order valence-corrected chi connectivity index (χ1v) is 7.81. The molecule has 3 rings (SSSR count). The summed E-state index contributed by atoms with van der Waals surface area (Å²) >= 11 is 0. The number of nitrogens with one attached hydrogen (secondary N) is 1. The summed E-state index contributed by atoms with van der Waals surface area (Å²) in [5.74, 6) is -1.83. The van der Waals surface area contributed by atoms with Gasteiger partial charge in [0.25, 0.3) is 0 Å². The van der Waals surface area contributed by atoms with E-state index in [4.69, 9.17) is 0 Å². The Kier molecular flexibility index (Phi) is 3.82. The molecule has 4 atom stereocenters. The number of β-lactam (4-membered cyclic amide) rings is 1. The zero-order chi connectivity index (χ0) is 16.0. The van der Waals surface area contributed by atoms with E-state index in [0.29, 0.717) is 6.42 Å². The van der Waals surface area contributed by atoms with Crippen molar-refractivity contribution in [2.24, 2.45) is 5.92 Å². The van der Waals surface area contributed by atoms with E-state index < -0.39 is 18.0 Å². The van der Waals surface area contributed by atoms with E-state index in [9.17, 15) is 19.8 Å². The maximum Gasteiger partial charge on any atom is 0.352 e. The molecule has 0 aromatic carbocycles. The minimum atomic E-state index is -1.07. The second kappa shape index (κ2) is 5.52. The summed E-state index contributed by atoms with van der Waals surface area (Å²) in [7, 11) is 0. The number of carboxylic acids is 1. The number of allylic oxidation sites excluding steroid dienone is 1. The van der Waals surface area contributed by atoms with Crippen molar-refractivity contribution in [1.82, 2.24) is 10.2 Å². The molecule has 120 valence electrons. The third-order valence-corrected chi connectivity index (χ3v) is 4.96. The Bertz CT molecular complexity index is 573. The van der Waals surface area contributed by atoms with Crippen LogP contribution in [0.4, 0.5) is 0 Å². The summed E-state index contributed by atoms with van der Waals surface area (Å²) < 4.78 is 0. The molecule has 6 heteroatoms. The molecule has 0 radical (unpaired) electrons. The van der Waals surface area contributed by atoms with Gasteiger partial charge in [-0.1, -0.05) is 6.08 Å². The van der Waals surface area contributed by atoms with Gasteiger partial charge in [-0.25, -0.2) is 4.79 Å². The van der Waals surface area contributed by atoms with Gasteiger partial charge in [-0.05, 0) is 50.8 Å². The average Bonchev–Trinajstić information content (AvgIpc) is 3.03. The second-order valence-corrected chi connectivity index (χ2v) is 6.43. The number of aliphatic hydroxyl groups is 1. The van der Waals surface area contributed by atoms with Crippen molar-refractivity contribution in [2.75, 3.05) is 6.54 Å². The van der Waals surface area contributed by atoms with Crippen LogP contribution in [-0.4, -0.2) is 51.7 Å². The van der Waals surface area contributed by atoms with Crippen molar-refractivity contribution >= 4 is 11.9 Å². The first kappa shape index (κ1) is 15.2. The van der Waals surface area contributed by atoms with E-state index in [2.05, 4.69) is 11.4 Å². The van der Waals surface area contributed by atoms with Crippen LogP contribution in [0.15, 0.2) is 22.9 Å². The highest BCUT2D eigenvalue weighted by atomic mass is 16.4. The maximum absolute atomic E-state index is 12.1. The average molecular weight is 306 g/mol. The number of carbonyl (C=O) groups excluding carboxylic acids is 1. The van der Waals surface area contributed by atoms with Crippen molar-refractivity contribution in [3.05, 3.63) is 22.9 Å². The molecule has 0 aliphatic carbocycles. The van der Waals surface area contributed by atoms with Crippen LogP contribution in [0.1, 0.15) is 33.1 Å². The quantitative estimate of drug-likeness (QED) is 0.663. The van der Waals surface area contributed by atoms with Gasteiger partial charge in [-0.2, -0.15) is 0 Å². The van der Waals surface area contributed by atoms with Crippen molar-refractivity contribution in [3.8, 4) is 0 Å². The Labute approximate surface area is 129 Å². The molecule has 0 unspecified atom stereocenters. The molecular weight excluding hydrogens is 284 g/mol. The number of nitrogens with zero attached hydrogens (tertiary/aromatic N) is 1. The van der Waals surface area contributed by atoms with Crippen LogP contribution in [0.25, 0.3) is 0 Å². The van der Waals surface area contributed by atoms with Crippen LogP contribution in [0.5, 0.6) is 0 Å². The number of hydrogen-bond donors (Lipinski definition) is 3. The fraction of sp³-hybridized carbons (Fsp3) is 0.625. The zero-order valence-electron chi connectivity index (χ0n) is 12.9. The summed E-state index contributed by atoms with van der Waals surface area (Å²) in [6.07, 6.45) is 4.01. The molecule has 0 aromatic rings. The second-order valence-electron chi connectivity index (χ2n) is 6.43. The highest BCUT2D eigenvalue weighted by molar-refractivity contribution is 6.00. The van der Waals surface area contributed by atoms with Crippen molar-refractivity contribution in [1.29, 1.82) is 0 Å². The normalized spacial score (nSPS) is 33.0. The SMILES string of the molecule is C/C(=C\[C@H]1CCCN1)C1=C(C(=O)O)N2C(=O)[C@H]([C@@H](C)O)[C@H]2C1. The minimum absolute atomic E-state index is 0.0960. The maximum atomic E-state index is 12.1. The van der Waals surface area contributed by atoms with Crippen LogP contribution in [0.2, 0.25) is 0 Å². The highest BCUT2D eigenvalue weighted by Crippen LogP contribution is 2.45. The summed E-state index contributed by atoms with van der Waals surface area (Å²) in [4.78, 5) is 25.1. The molecule has 22 heavy (non-hydrogen) atoms.